The number of carbonyl (C=O) groups is 2. The maximum Gasteiger partial charge on any atom is 0.332 e. The van der Waals surface area contributed by atoms with Gasteiger partial charge < -0.3 is 15.2 Å². The zero-order valence-electron chi connectivity index (χ0n) is 16.0. The molecule has 3 aromatic carbocycles. The average molecular weight is 516 g/mol. The van der Waals surface area contributed by atoms with Crippen molar-refractivity contribution < 1.29 is 24.6 Å². The molecule has 0 unspecified atom stereocenters. The molecule has 3 aromatic rings. The van der Waals surface area contributed by atoms with Crippen molar-refractivity contribution >= 4 is 63.9 Å². The normalized spacial score (nSPS) is 10.5. The molecule has 0 saturated heterocycles. The molecule has 32 heavy (non-hydrogen) atoms. The summed E-state index contributed by atoms with van der Waals surface area (Å²) in [6.07, 6.45) is 0.360. The molecule has 7 nitrogen and oxygen atoms in total. The van der Waals surface area contributed by atoms with Gasteiger partial charge in [-0.05, 0) is 48.0 Å². The van der Waals surface area contributed by atoms with E-state index in [1.165, 1.54) is 29.7 Å². The van der Waals surface area contributed by atoms with Crippen LogP contribution in [0, 0.1) is 0 Å². The second-order valence-electron chi connectivity index (χ2n) is 6.48. The van der Waals surface area contributed by atoms with E-state index in [1.54, 1.807) is 24.3 Å². The second kappa shape index (κ2) is 10.3. The minimum atomic E-state index is -1.25. The maximum absolute atomic E-state index is 11.6. The van der Waals surface area contributed by atoms with Gasteiger partial charge in [0.2, 0.25) is 0 Å². The number of aromatic hydroxyl groups is 1. The molecule has 4 N–H and O–H groups in total. The van der Waals surface area contributed by atoms with Gasteiger partial charge in [-0.25, -0.2) is 5.48 Å². The van der Waals surface area contributed by atoms with Gasteiger partial charge >= 0.3 is 11.8 Å². The largest absolute Gasteiger partial charge is 0.508 e. The van der Waals surface area contributed by atoms with Crippen LogP contribution in [-0.4, -0.2) is 22.1 Å². The average Bonchev–Trinajstić information content (AvgIpc) is 2.75. The smallest absolute Gasteiger partial charge is 0.332 e. The lowest BCUT2D eigenvalue weighted by Crippen LogP contribution is -2.33. The predicted octanol–water partition coefficient (Wildman–Crippen LogP) is 5.83. The number of amides is 2. The molecule has 0 atom stereocenters. The van der Waals surface area contributed by atoms with E-state index < -0.39 is 11.8 Å². The zero-order valence-corrected chi connectivity index (χ0v) is 19.0. The summed E-state index contributed by atoms with van der Waals surface area (Å²) in [5.41, 5.74) is 2.72. The molecule has 0 saturated carbocycles. The molecule has 0 aliphatic carbocycles. The third-order valence-corrected chi connectivity index (χ3v) is 5.51. The summed E-state index contributed by atoms with van der Waals surface area (Å²) in [5, 5.41) is 21.9. The van der Waals surface area contributed by atoms with Crippen molar-refractivity contribution in [1.29, 1.82) is 0 Å². The molecule has 0 bridgehead atoms. The number of hydrogen-bond donors (Lipinski definition) is 4. The third kappa shape index (κ3) is 5.76. The highest BCUT2D eigenvalue weighted by molar-refractivity contribution is 6.42. The van der Waals surface area contributed by atoms with Gasteiger partial charge in [-0.1, -0.05) is 52.5 Å². The number of benzene rings is 3. The highest BCUT2D eigenvalue weighted by Crippen LogP contribution is 2.40. The van der Waals surface area contributed by atoms with Crippen LogP contribution in [0.3, 0.4) is 0 Å². The summed E-state index contributed by atoms with van der Waals surface area (Å²) in [6, 6.07) is 12.4. The lowest BCUT2D eigenvalue weighted by Gasteiger charge is -2.14. The SMILES string of the molecule is O=C(NO)C(=O)Nc1cc(Cl)c(Oc2ccc(O)c(Cc3ccc(Cl)c(Cl)c3)c2)c(Cl)c1. The van der Waals surface area contributed by atoms with E-state index in [2.05, 4.69) is 5.32 Å². The van der Waals surface area contributed by atoms with Gasteiger partial charge in [0.05, 0.1) is 20.1 Å². The van der Waals surface area contributed by atoms with Crippen molar-refractivity contribution in [2.45, 2.75) is 6.42 Å². The monoisotopic (exact) mass is 514 g/mol. The van der Waals surface area contributed by atoms with Crippen LogP contribution in [0.2, 0.25) is 20.1 Å². The summed E-state index contributed by atoms with van der Waals surface area (Å²) in [5.74, 6) is -1.86. The van der Waals surface area contributed by atoms with Crippen molar-refractivity contribution in [3.63, 3.8) is 0 Å². The highest BCUT2D eigenvalue weighted by Gasteiger charge is 2.17. The summed E-state index contributed by atoms with van der Waals surface area (Å²) < 4.78 is 5.79. The van der Waals surface area contributed by atoms with Crippen molar-refractivity contribution in [1.82, 2.24) is 5.48 Å². The summed E-state index contributed by atoms with van der Waals surface area (Å²) in [7, 11) is 0. The number of phenolic OH excluding ortho intramolecular Hbond substituents is 1. The molecule has 0 spiro atoms. The summed E-state index contributed by atoms with van der Waals surface area (Å²) in [6.45, 7) is 0. The van der Waals surface area contributed by atoms with E-state index in [9.17, 15) is 14.7 Å². The first-order valence-electron chi connectivity index (χ1n) is 8.86. The Balaban J connectivity index is 1.82. The van der Waals surface area contributed by atoms with E-state index >= 15 is 0 Å². The molecule has 0 radical (unpaired) electrons. The van der Waals surface area contributed by atoms with E-state index in [-0.39, 0.29) is 27.2 Å². The van der Waals surface area contributed by atoms with Crippen molar-refractivity contribution in [2.75, 3.05) is 5.32 Å². The Morgan fingerprint density at radius 1 is 0.844 bits per heavy atom. The van der Waals surface area contributed by atoms with Crippen LogP contribution in [0.5, 0.6) is 17.2 Å². The van der Waals surface area contributed by atoms with Gasteiger partial charge in [-0.15, -0.1) is 0 Å². The Labute approximate surface area is 202 Å². The summed E-state index contributed by atoms with van der Waals surface area (Å²) in [4.78, 5) is 22.7. The van der Waals surface area contributed by atoms with E-state index in [1.807, 2.05) is 0 Å². The number of hydrogen-bond acceptors (Lipinski definition) is 5. The molecule has 166 valence electrons. The van der Waals surface area contributed by atoms with E-state index in [0.29, 0.717) is 27.8 Å². The third-order valence-electron chi connectivity index (χ3n) is 4.21. The van der Waals surface area contributed by atoms with Gasteiger partial charge in [0, 0.05) is 17.7 Å². The van der Waals surface area contributed by atoms with Crippen LogP contribution >= 0.6 is 46.4 Å². The number of halogens is 4. The number of ether oxygens (including phenoxy) is 1. The van der Waals surface area contributed by atoms with Gasteiger partial charge in [0.25, 0.3) is 0 Å². The number of nitrogens with one attached hydrogen (secondary N) is 2. The second-order valence-corrected chi connectivity index (χ2v) is 8.11. The quantitative estimate of drug-likeness (QED) is 0.194. The molecule has 0 heterocycles. The van der Waals surface area contributed by atoms with Crippen LogP contribution in [0.1, 0.15) is 11.1 Å². The minimum absolute atomic E-state index is 0.0521. The fraction of sp³-hybridized carbons (Fsp3) is 0.0476. The molecule has 0 aliphatic heterocycles. The predicted molar refractivity (Wildman–Crippen MR) is 122 cm³/mol. The van der Waals surface area contributed by atoms with Crippen LogP contribution < -0.4 is 15.5 Å². The zero-order chi connectivity index (χ0) is 23.4. The van der Waals surface area contributed by atoms with Gasteiger partial charge in [-0.2, -0.15) is 0 Å². The van der Waals surface area contributed by atoms with E-state index in [4.69, 9.17) is 56.3 Å². The Hall–Kier alpha value is -2.68. The topological polar surface area (TPSA) is 108 Å². The Kier molecular flexibility index (Phi) is 7.71. The number of carbonyl (C=O) groups excluding carboxylic acids is 2. The Morgan fingerprint density at radius 2 is 1.53 bits per heavy atom. The maximum atomic E-state index is 11.6. The molecule has 11 heteroatoms. The van der Waals surface area contributed by atoms with Crippen molar-refractivity contribution in [3.05, 3.63) is 79.7 Å². The molecule has 3 rings (SSSR count). The van der Waals surface area contributed by atoms with Crippen molar-refractivity contribution in [2.24, 2.45) is 0 Å². The molecular weight excluding hydrogens is 502 g/mol. The van der Waals surface area contributed by atoms with E-state index in [0.717, 1.165) is 5.56 Å². The fourth-order valence-electron chi connectivity index (χ4n) is 2.72. The van der Waals surface area contributed by atoms with Crippen LogP contribution in [-0.2, 0) is 16.0 Å². The lowest BCUT2D eigenvalue weighted by molar-refractivity contribution is -0.141. The van der Waals surface area contributed by atoms with Crippen molar-refractivity contribution in [3.8, 4) is 17.2 Å². The number of anilines is 1. The first kappa shape index (κ1) is 24.0. The molecular formula is C21H14Cl4N2O5. The lowest BCUT2D eigenvalue weighted by atomic mass is 10.0. The minimum Gasteiger partial charge on any atom is -0.508 e. The molecule has 2 amide bonds. The van der Waals surface area contributed by atoms with Crippen LogP contribution in [0.4, 0.5) is 5.69 Å². The number of phenols is 1. The highest BCUT2D eigenvalue weighted by atomic mass is 35.5. The Morgan fingerprint density at radius 3 is 2.16 bits per heavy atom. The fourth-order valence-corrected chi connectivity index (χ4v) is 3.61. The number of hydroxylamine groups is 1. The Bertz CT molecular complexity index is 1180. The first-order valence-corrected chi connectivity index (χ1v) is 10.4. The van der Waals surface area contributed by atoms with Gasteiger partial charge in [0.15, 0.2) is 5.75 Å². The summed E-state index contributed by atoms with van der Waals surface area (Å²) >= 11 is 24.4. The number of rotatable bonds is 5. The first-order chi connectivity index (χ1) is 15.2. The van der Waals surface area contributed by atoms with Crippen LogP contribution in [0.25, 0.3) is 0 Å². The van der Waals surface area contributed by atoms with Crippen LogP contribution in [0.15, 0.2) is 48.5 Å². The standard InChI is InChI=1S/C21H14Cl4N2O5/c22-14-3-1-10(6-15(14)23)5-11-7-13(2-4-18(11)28)32-19-16(24)8-12(9-17(19)25)26-20(29)21(30)27-31/h1-4,6-9,28,31H,5H2,(H,26,29)(H,27,30). The molecule has 0 aliphatic rings. The molecule has 0 aromatic heterocycles. The van der Waals surface area contributed by atoms with Gasteiger partial charge in [0.1, 0.15) is 11.5 Å². The van der Waals surface area contributed by atoms with Gasteiger partial charge in [-0.3, -0.25) is 14.8 Å². The molecule has 0 fully saturated rings.